The van der Waals surface area contributed by atoms with E-state index in [1.807, 2.05) is 0 Å². The Morgan fingerprint density at radius 3 is 1.28 bits per heavy atom. The van der Waals surface area contributed by atoms with Crippen molar-refractivity contribution in [1.82, 2.24) is 0 Å². The van der Waals surface area contributed by atoms with Gasteiger partial charge in [-0.1, -0.05) is 186 Å². The van der Waals surface area contributed by atoms with E-state index in [0.717, 1.165) is 66.7 Å². The lowest BCUT2D eigenvalue weighted by molar-refractivity contribution is 0.657. The summed E-state index contributed by atoms with van der Waals surface area (Å²) in [6, 6.07) is 70.3. The second-order valence-electron chi connectivity index (χ2n) is 22.9. The molecule has 3 nitrogen and oxygen atoms in total. The predicted molar refractivity (Wildman–Crippen MR) is 309 cm³/mol. The Balaban J connectivity index is 0.972. The van der Waals surface area contributed by atoms with E-state index in [0.29, 0.717) is 0 Å². The first kappa shape index (κ1) is 43.2. The van der Waals surface area contributed by atoms with Crippen molar-refractivity contribution in [3.63, 3.8) is 0 Å². The fourth-order valence-corrected chi connectivity index (χ4v) is 13.7. The van der Waals surface area contributed by atoms with Crippen molar-refractivity contribution in [3.05, 3.63) is 233 Å². The van der Waals surface area contributed by atoms with Crippen LogP contribution in [0.3, 0.4) is 0 Å². The highest BCUT2D eigenvalue weighted by Gasteiger charge is 2.43. The molecule has 0 saturated heterocycles. The molecule has 12 aromatic rings. The number of nitrogens with zero attached hydrogens (tertiary/aromatic N) is 1. The molecule has 74 heavy (non-hydrogen) atoms. The molecule has 0 N–H and O–H groups in total. The van der Waals surface area contributed by atoms with Crippen LogP contribution in [-0.4, -0.2) is 0 Å². The summed E-state index contributed by atoms with van der Waals surface area (Å²) < 4.78 is 13.8. The maximum atomic E-state index is 6.88. The molecule has 0 atom stereocenters. The zero-order chi connectivity index (χ0) is 50.2. The van der Waals surface area contributed by atoms with Crippen LogP contribution in [0.1, 0.15) is 86.1 Å². The number of aryl methyl sites for hydroxylation is 2. The Bertz CT molecular complexity index is 4170. The minimum absolute atomic E-state index is 0.168. The largest absolute Gasteiger partial charge is 0.455 e. The second kappa shape index (κ2) is 14.9. The third kappa shape index (κ3) is 5.73. The van der Waals surface area contributed by atoms with Gasteiger partial charge in [0.2, 0.25) is 0 Å². The van der Waals surface area contributed by atoms with Gasteiger partial charge in [-0.3, -0.25) is 0 Å². The molecule has 3 heteroatoms. The number of hydrogen-bond donors (Lipinski definition) is 0. The maximum Gasteiger partial charge on any atom is 0.143 e. The Morgan fingerprint density at radius 2 is 0.770 bits per heavy atom. The van der Waals surface area contributed by atoms with E-state index < -0.39 is 0 Å². The number of hydrogen-bond acceptors (Lipinski definition) is 3. The molecule has 356 valence electrons. The van der Waals surface area contributed by atoms with Gasteiger partial charge in [0.1, 0.15) is 22.3 Å². The number of rotatable bonds is 5. The highest BCUT2D eigenvalue weighted by molar-refractivity contribution is 6.20. The van der Waals surface area contributed by atoms with Crippen LogP contribution in [0, 0.1) is 13.8 Å². The van der Waals surface area contributed by atoms with Crippen LogP contribution in [0.25, 0.3) is 99.5 Å². The summed E-state index contributed by atoms with van der Waals surface area (Å²) in [7, 11) is 0. The van der Waals surface area contributed by atoms with Crippen molar-refractivity contribution in [1.29, 1.82) is 0 Å². The van der Waals surface area contributed by atoms with Gasteiger partial charge in [0, 0.05) is 65.9 Å². The molecule has 3 aliphatic rings. The second-order valence-corrected chi connectivity index (χ2v) is 22.9. The molecule has 15 rings (SSSR count). The molecule has 0 bridgehead atoms. The van der Waals surface area contributed by atoms with Crippen molar-refractivity contribution >= 4 is 60.9 Å². The summed E-state index contributed by atoms with van der Waals surface area (Å²) in [4.78, 5) is 2.57. The molecule has 0 saturated carbocycles. The first-order valence-electron chi connectivity index (χ1n) is 26.2. The van der Waals surface area contributed by atoms with E-state index in [2.05, 4.69) is 248 Å². The Hall–Kier alpha value is -8.40. The lowest BCUT2D eigenvalue weighted by Gasteiger charge is -2.31. The average molecular weight is 954 g/mol. The predicted octanol–water partition coefficient (Wildman–Crippen LogP) is 19.8. The molecule has 3 aliphatic carbocycles. The Labute approximate surface area is 432 Å². The molecule has 2 aromatic heterocycles. The molecule has 0 unspecified atom stereocenters. The van der Waals surface area contributed by atoms with Crippen molar-refractivity contribution in [3.8, 4) is 55.6 Å². The fourth-order valence-electron chi connectivity index (χ4n) is 13.7. The van der Waals surface area contributed by atoms with Crippen LogP contribution in [0.2, 0.25) is 0 Å². The minimum atomic E-state index is -0.332. The maximum absolute atomic E-state index is 6.88. The summed E-state index contributed by atoms with van der Waals surface area (Å²) in [6.45, 7) is 18.7. The third-order valence-corrected chi connectivity index (χ3v) is 17.6. The molecule has 0 spiro atoms. The normalized spacial score (nSPS) is 15.1. The van der Waals surface area contributed by atoms with Gasteiger partial charge in [-0.05, 0) is 141 Å². The lowest BCUT2D eigenvalue weighted by atomic mass is 9.80. The van der Waals surface area contributed by atoms with E-state index in [1.54, 1.807) is 0 Å². The minimum Gasteiger partial charge on any atom is -0.455 e. The monoisotopic (exact) mass is 953 g/mol. The van der Waals surface area contributed by atoms with Crippen molar-refractivity contribution < 1.29 is 8.83 Å². The zero-order valence-electron chi connectivity index (χ0n) is 43.2. The van der Waals surface area contributed by atoms with Crippen LogP contribution in [0.5, 0.6) is 0 Å². The summed E-state index contributed by atoms with van der Waals surface area (Å²) in [6.07, 6.45) is 0. The SMILES string of the molecule is Cc1ccc(-c2cc3c(c4c2oc2ccccc24)-c2ccc(N(c4ccc5c(c4)C(C)(C)c4cc(-c6ccc(C)cc6)c6oc7ccccc7c6c4-5)c4cccc5c4-c4ccccc4C5(C)C)cc2C3(C)C)cc1. The van der Waals surface area contributed by atoms with E-state index in [1.165, 1.54) is 94.3 Å². The van der Waals surface area contributed by atoms with Crippen LogP contribution in [0.4, 0.5) is 17.1 Å². The van der Waals surface area contributed by atoms with Gasteiger partial charge in [0.15, 0.2) is 0 Å². The van der Waals surface area contributed by atoms with E-state index in [-0.39, 0.29) is 16.2 Å². The average Bonchev–Trinajstić information content (AvgIpc) is 4.30. The van der Waals surface area contributed by atoms with Crippen molar-refractivity contribution in [2.24, 2.45) is 0 Å². The Kier molecular flexibility index (Phi) is 8.68. The van der Waals surface area contributed by atoms with Crippen LogP contribution in [-0.2, 0) is 16.2 Å². The first-order chi connectivity index (χ1) is 35.8. The standard InChI is InChI=1S/C71H55NO2/c1-40-24-28-42(29-25-40)51-38-57-63(65-49-17-10-13-22-60(49)73-67(51)65)47-34-32-44(36-55(47)70(57,5)6)72(59-21-15-20-54-62(59)46-16-9-12-19-53(46)69(54,3)4)45-33-35-48-56(37-45)71(7,8)58-39-52(43-30-26-41(2)27-31-43)68-66(64(48)58)50-18-11-14-23-61(50)74-68/h9-39H,1-8H3. The molecule has 2 heterocycles. The molecular formula is C71H55NO2. The number of anilines is 3. The molecular weight excluding hydrogens is 899 g/mol. The highest BCUT2D eigenvalue weighted by Crippen LogP contribution is 2.60. The van der Waals surface area contributed by atoms with Crippen LogP contribution < -0.4 is 4.90 Å². The topological polar surface area (TPSA) is 29.5 Å². The van der Waals surface area contributed by atoms with Gasteiger partial charge in [0.25, 0.3) is 0 Å². The highest BCUT2D eigenvalue weighted by atomic mass is 16.3. The third-order valence-electron chi connectivity index (χ3n) is 17.6. The lowest BCUT2D eigenvalue weighted by Crippen LogP contribution is -2.19. The quantitative estimate of drug-likeness (QED) is 0.172. The number of fused-ring (bicyclic) bond motifs is 17. The fraction of sp³-hybridized carbons (Fsp3) is 0.155. The molecule has 0 fully saturated rings. The number of benzene rings is 10. The van der Waals surface area contributed by atoms with E-state index >= 15 is 0 Å². The molecule has 10 aromatic carbocycles. The van der Waals surface area contributed by atoms with Crippen molar-refractivity contribution in [2.75, 3.05) is 4.90 Å². The number of para-hydroxylation sites is 2. The van der Waals surface area contributed by atoms with Gasteiger partial charge >= 0.3 is 0 Å². The van der Waals surface area contributed by atoms with Gasteiger partial charge in [-0.2, -0.15) is 0 Å². The van der Waals surface area contributed by atoms with Gasteiger partial charge in [-0.25, -0.2) is 0 Å². The first-order valence-corrected chi connectivity index (χ1v) is 26.2. The van der Waals surface area contributed by atoms with Gasteiger partial charge in [-0.15, -0.1) is 0 Å². The summed E-state index contributed by atoms with van der Waals surface area (Å²) in [5, 5.41) is 4.68. The van der Waals surface area contributed by atoms with Gasteiger partial charge in [0.05, 0.1) is 5.69 Å². The summed E-state index contributed by atoms with van der Waals surface area (Å²) in [5.74, 6) is 0. The molecule has 0 aliphatic heterocycles. The van der Waals surface area contributed by atoms with Crippen LogP contribution in [0.15, 0.2) is 197 Å². The molecule has 0 radical (unpaired) electrons. The van der Waals surface area contributed by atoms with E-state index in [4.69, 9.17) is 8.83 Å². The zero-order valence-corrected chi connectivity index (χ0v) is 43.2. The number of furan rings is 2. The molecule has 0 amide bonds. The van der Waals surface area contributed by atoms with Crippen LogP contribution >= 0.6 is 0 Å². The van der Waals surface area contributed by atoms with E-state index in [9.17, 15) is 0 Å². The summed E-state index contributed by atoms with van der Waals surface area (Å²) >= 11 is 0. The Morgan fingerprint density at radius 1 is 0.338 bits per heavy atom. The van der Waals surface area contributed by atoms with Gasteiger partial charge < -0.3 is 13.7 Å². The van der Waals surface area contributed by atoms with Crippen molar-refractivity contribution in [2.45, 2.75) is 71.6 Å². The smallest absolute Gasteiger partial charge is 0.143 e. The summed E-state index contributed by atoms with van der Waals surface area (Å²) in [5.41, 5.74) is 29.0.